The molecular formula is C20H27N3O. The quantitative estimate of drug-likeness (QED) is 0.605. The van der Waals surface area contributed by atoms with Crippen molar-refractivity contribution in [2.75, 3.05) is 7.05 Å². The van der Waals surface area contributed by atoms with Crippen LogP contribution in [0.1, 0.15) is 30.5 Å². The van der Waals surface area contributed by atoms with E-state index >= 15 is 0 Å². The van der Waals surface area contributed by atoms with Gasteiger partial charge in [-0.25, -0.2) is 0 Å². The molecule has 0 unspecified atom stereocenters. The van der Waals surface area contributed by atoms with Crippen LogP contribution in [0, 0.1) is 0 Å². The van der Waals surface area contributed by atoms with Gasteiger partial charge in [0, 0.05) is 19.6 Å². The third-order valence-electron chi connectivity index (χ3n) is 3.51. The molecule has 0 bridgehead atoms. The van der Waals surface area contributed by atoms with E-state index in [0.717, 1.165) is 12.5 Å². The van der Waals surface area contributed by atoms with Crippen molar-refractivity contribution in [2.24, 2.45) is 4.99 Å². The average molecular weight is 325 g/mol. The van der Waals surface area contributed by atoms with Crippen LogP contribution in [0.4, 0.5) is 0 Å². The number of hydrogen-bond donors (Lipinski definition) is 2. The zero-order chi connectivity index (χ0) is 17.2. The van der Waals surface area contributed by atoms with Gasteiger partial charge in [0.1, 0.15) is 0 Å². The Morgan fingerprint density at radius 3 is 2.08 bits per heavy atom. The molecule has 2 aromatic carbocycles. The van der Waals surface area contributed by atoms with Crippen LogP contribution in [0.25, 0.3) is 0 Å². The number of nitrogens with one attached hydrogen (secondary N) is 2. The molecule has 2 aromatic rings. The molecule has 0 spiro atoms. The Morgan fingerprint density at radius 2 is 1.50 bits per heavy atom. The molecule has 0 fully saturated rings. The summed E-state index contributed by atoms with van der Waals surface area (Å²) in [5.41, 5.74) is 3.59. The third-order valence-corrected chi connectivity index (χ3v) is 3.51. The molecule has 0 radical (unpaired) electrons. The fraction of sp³-hybridized carbons (Fsp3) is 0.350. The molecule has 0 aliphatic heterocycles. The maximum Gasteiger partial charge on any atom is 0.191 e. The average Bonchev–Trinajstić information content (AvgIpc) is 2.60. The second-order valence-corrected chi connectivity index (χ2v) is 6.02. The first-order valence-electron chi connectivity index (χ1n) is 8.34. The van der Waals surface area contributed by atoms with Crippen molar-refractivity contribution >= 4 is 5.96 Å². The smallest absolute Gasteiger partial charge is 0.191 e. The molecule has 0 saturated heterocycles. The zero-order valence-electron chi connectivity index (χ0n) is 14.8. The monoisotopic (exact) mass is 325 g/mol. The predicted molar refractivity (Wildman–Crippen MR) is 99.8 cm³/mol. The summed E-state index contributed by atoms with van der Waals surface area (Å²) in [7, 11) is 1.78. The molecule has 128 valence electrons. The molecule has 24 heavy (non-hydrogen) atoms. The topological polar surface area (TPSA) is 45.7 Å². The highest BCUT2D eigenvalue weighted by Gasteiger charge is 2.01. The van der Waals surface area contributed by atoms with Gasteiger partial charge in [-0.1, -0.05) is 54.6 Å². The Kier molecular flexibility index (Phi) is 7.30. The maximum atomic E-state index is 5.76. The minimum atomic E-state index is 0.361. The molecule has 0 aromatic heterocycles. The van der Waals surface area contributed by atoms with Gasteiger partial charge in [-0.05, 0) is 30.5 Å². The van der Waals surface area contributed by atoms with E-state index < -0.39 is 0 Å². The van der Waals surface area contributed by atoms with Crippen LogP contribution in [-0.4, -0.2) is 19.0 Å². The molecule has 0 atom stereocenters. The Hall–Kier alpha value is -2.33. The fourth-order valence-corrected chi connectivity index (χ4v) is 2.27. The van der Waals surface area contributed by atoms with Crippen molar-refractivity contribution in [2.45, 2.75) is 39.6 Å². The summed E-state index contributed by atoms with van der Waals surface area (Å²) in [6.45, 7) is 6.20. The maximum absolute atomic E-state index is 5.76. The predicted octanol–water partition coefficient (Wildman–Crippen LogP) is 3.48. The zero-order valence-corrected chi connectivity index (χ0v) is 14.8. The van der Waals surface area contributed by atoms with E-state index in [1.807, 2.05) is 18.2 Å². The largest absolute Gasteiger partial charge is 0.372 e. The summed E-state index contributed by atoms with van der Waals surface area (Å²) in [4.78, 5) is 4.20. The second kappa shape index (κ2) is 9.73. The molecule has 2 N–H and O–H groups in total. The Balaban J connectivity index is 1.76. The normalized spacial score (nSPS) is 11.6. The summed E-state index contributed by atoms with van der Waals surface area (Å²) in [5.74, 6) is 0.820. The first kappa shape index (κ1) is 18.0. The van der Waals surface area contributed by atoms with Crippen molar-refractivity contribution < 1.29 is 4.74 Å². The Morgan fingerprint density at radius 1 is 0.917 bits per heavy atom. The number of ether oxygens (including phenoxy) is 1. The van der Waals surface area contributed by atoms with Crippen molar-refractivity contribution in [3.8, 4) is 0 Å². The lowest BCUT2D eigenvalue weighted by Gasteiger charge is -2.14. The van der Waals surface area contributed by atoms with E-state index in [1.54, 1.807) is 7.05 Å². The summed E-state index contributed by atoms with van der Waals surface area (Å²) in [6, 6.07) is 19.1. The Bertz CT molecular complexity index is 621. The summed E-state index contributed by atoms with van der Waals surface area (Å²) >= 11 is 0. The molecule has 4 heteroatoms. The molecule has 4 nitrogen and oxygen atoms in total. The highest BCUT2D eigenvalue weighted by atomic mass is 16.5. The standard InChI is InChI=1S/C20H27N3O/c1-16(2)23-20(21-3)22-13-17-9-11-19(12-10-17)15-24-14-18-7-5-4-6-8-18/h4-12,16H,13-15H2,1-3H3,(H2,21,22,23). The van der Waals surface area contributed by atoms with Gasteiger partial charge in [-0.2, -0.15) is 0 Å². The minimum absolute atomic E-state index is 0.361. The van der Waals surface area contributed by atoms with Gasteiger partial charge in [-0.3, -0.25) is 4.99 Å². The molecular weight excluding hydrogens is 298 g/mol. The minimum Gasteiger partial charge on any atom is -0.372 e. The van der Waals surface area contributed by atoms with Gasteiger partial charge in [-0.15, -0.1) is 0 Å². The number of aliphatic imine (C=N–C) groups is 1. The van der Waals surface area contributed by atoms with E-state index in [4.69, 9.17) is 4.74 Å². The molecule has 0 amide bonds. The van der Waals surface area contributed by atoms with Crippen LogP contribution >= 0.6 is 0 Å². The summed E-state index contributed by atoms with van der Waals surface area (Å²) in [5, 5.41) is 6.58. The van der Waals surface area contributed by atoms with Gasteiger partial charge in [0.05, 0.1) is 13.2 Å². The summed E-state index contributed by atoms with van der Waals surface area (Å²) in [6.07, 6.45) is 0. The molecule has 0 heterocycles. The van der Waals surface area contributed by atoms with Gasteiger partial charge in [0.15, 0.2) is 5.96 Å². The number of benzene rings is 2. The fourth-order valence-electron chi connectivity index (χ4n) is 2.27. The lowest BCUT2D eigenvalue weighted by Crippen LogP contribution is -2.40. The van der Waals surface area contributed by atoms with E-state index in [2.05, 4.69) is 65.9 Å². The lowest BCUT2D eigenvalue weighted by atomic mass is 10.1. The number of guanidine groups is 1. The van der Waals surface area contributed by atoms with Gasteiger partial charge < -0.3 is 15.4 Å². The van der Waals surface area contributed by atoms with Crippen LogP contribution in [0.15, 0.2) is 59.6 Å². The van der Waals surface area contributed by atoms with Crippen LogP contribution in [0.2, 0.25) is 0 Å². The number of rotatable bonds is 7. The van der Waals surface area contributed by atoms with Crippen LogP contribution in [0.3, 0.4) is 0 Å². The first-order valence-corrected chi connectivity index (χ1v) is 8.34. The molecule has 0 aliphatic rings. The van der Waals surface area contributed by atoms with Crippen LogP contribution in [-0.2, 0) is 24.5 Å². The van der Waals surface area contributed by atoms with Crippen molar-refractivity contribution in [3.63, 3.8) is 0 Å². The third kappa shape index (κ3) is 6.42. The van der Waals surface area contributed by atoms with Crippen molar-refractivity contribution in [3.05, 3.63) is 71.3 Å². The highest BCUT2D eigenvalue weighted by molar-refractivity contribution is 5.79. The lowest BCUT2D eigenvalue weighted by molar-refractivity contribution is 0.107. The Labute approximate surface area is 145 Å². The number of nitrogens with zero attached hydrogens (tertiary/aromatic N) is 1. The van der Waals surface area contributed by atoms with Gasteiger partial charge in [0.2, 0.25) is 0 Å². The van der Waals surface area contributed by atoms with E-state index in [0.29, 0.717) is 19.3 Å². The molecule has 0 aliphatic carbocycles. The van der Waals surface area contributed by atoms with Crippen LogP contribution < -0.4 is 10.6 Å². The SMILES string of the molecule is CN=C(NCc1ccc(COCc2ccccc2)cc1)NC(C)C. The van der Waals surface area contributed by atoms with Gasteiger partial charge in [0.25, 0.3) is 0 Å². The van der Waals surface area contributed by atoms with Crippen molar-refractivity contribution in [1.82, 2.24) is 10.6 Å². The first-order chi connectivity index (χ1) is 11.7. The summed E-state index contributed by atoms with van der Waals surface area (Å²) < 4.78 is 5.76. The number of hydrogen-bond acceptors (Lipinski definition) is 2. The van der Waals surface area contributed by atoms with E-state index in [1.165, 1.54) is 16.7 Å². The highest BCUT2D eigenvalue weighted by Crippen LogP contribution is 2.08. The van der Waals surface area contributed by atoms with Crippen molar-refractivity contribution in [1.29, 1.82) is 0 Å². The van der Waals surface area contributed by atoms with E-state index in [9.17, 15) is 0 Å². The molecule has 2 rings (SSSR count). The second-order valence-electron chi connectivity index (χ2n) is 6.02. The van der Waals surface area contributed by atoms with E-state index in [-0.39, 0.29) is 0 Å². The van der Waals surface area contributed by atoms with Gasteiger partial charge >= 0.3 is 0 Å². The van der Waals surface area contributed by atoms with Crippen LogP contribution in [0.5, 0.6) is 0 Å². The molecule has 0 saturated carbocycles.